The van der Waals surface area contributed by atoms with Gasteiger partial charge >= 0.3 is 6.03 Å². The summed E-state index contributed by atoms with van der Waals surface area (Å²) in [6, 6.07) is 3.44. The number of aromatic nitrogens is 1. The van der Waals surface area contributed by atoms with Gasteiger partial charge in [-0.15, -0.1) is 0 Å². The molecule has 0 fully saturated rings. The molecule has 1 aromatic rings. The highest BCUT2D eigenvalue weighted by atomic mass is 16.2. The standard InChI is InChI=1S/C8H12N4O/c9-12-8(13)11-5-3-7-2-1-4-10-6-7/h1-2,4,6H,3,5,9H2,(H2,11,12,13). The van der Waals surface area contributed by atoms with Crippen molar-refractivity contribution in [3.63, 3.8) is 0 Å². The molecule has 0 saturated carbocycles. The first kappa shape index (κ1) is 9.47. The van der Waals surface area contributed by atoms with E-state index in [1.807, 2.05) is 17.6 Å². The molecular weight excluding hydrogens is 168 g/mol. The maximum absolute atomic E-state index is 10.6. The Labute approximate surface area is 76.3 Å². The molecule has 4 N–H and O–H groups in total. The number of amides is 2. The van der Waals surface area contributed by atoms with Crippen molar-refractivity contribution in [3.05, 3.63) is 30.1 Å². The molecule has 0 unspecified atom stereocenters. The Kier molecular flexibility index (Phi) is 3.72. The average Bonchev–Trinajstić information content (AvgIpc) is 2.19. The Bertz CT molecular complexity index is 262. The SMILES string of the molecule is NNC(=O)NCCc1cccnc1. The highest BCUT2D eigenvalue weighted by Gasteiger charge is 1.95. The summed E-state index contributed by atoms with van der Waals surface area (Å²) in [7, 11) is 0. The molecule has 1 aromatic heterocycles. The summed E-state index contributed by atoms with van der Waals surface area (Å²) in [5.41, 5.74) is 3.07. The van der Waals surface area contributed by atoms with Gasteiger partial charge in [-0.3, -0.25) is 10.4 Å². The fourth-order valence-electron chi connectivity index (χ4n) is 0.917. The maximum atomic E-state index is 10.6. The zero-order chi connectivity index (χ0) is 9.52. The van der Waals surface area contributed by atoms with Crippen LogP contribution in [0.15, 0.2) is 24.5 Å². The van der Waals surface area contributed by atoms with Crippen LogP contribution >= 0.6 is 0 Å². The molecule has 0 saturated heterocycles. The second-order valence-electron chi connectivity index (χ2n) is 2.51. The minimum absolute atomic E-state index is 0.371. The average molecular weight is 180 g/mol. The second-order valence-corrected chi connectivity index (χ2v) is 2.51. The normalized spacial score (nSPS) is 9.31. The summed E-state index contributed by atoms with van der Waals surface area (Å²) in [6.07, 6.45) is 4.23. The summed E-state index contributed by atoms with van der Waals surface area (Å²) in [5.74, 6) is 4.88. The Morgan fingerprint density at radius 1 is 1.62 bits per heavy atom. The van der Waals surface area contributed by atoms with E-state index >= 15 is 0 Å². The van der Waals surface area contributed by atoms with E-state index in [9.17, 15) is 4.79 Å². The van der Waals surface area contributed by atoms with Crippen LogP contribution in [0.5, 0.6) is 0 Å². The minimum Gasteiger partial charge on any atom is -0.337 e. The van der Waals surface area contributed by atoms with Gasteiger partial charge in [0, 0.05) is 18.9 Å². The van der Waals surface area contributed by atoms with Crippen molar-refractivity contribution in [1.82, 2.24) is 15.7 Å². The summed E-state index contributed by atoms with van der Waals surface area (Å²) >= 11 is 0. The zero-order valence-electron chi connectivity index (χ0n) is 7.16. The quantitative estimate of drug-likeness (QED) is 0.342. The monoisotopic (exact) mass is 180 g/mol. The first-order valence-electron chi connectivity index (χ1n) is 3.96. The molecule has 5 heteroatoms. The molecule has 1 rings (SSSR count). The Balaban J connectivity index is 2.24. The molecule has 0 bridgehead atoms. The van der Waals surface area contributed by atoms with Crippen molar-refractivity contribution in [1.29, 1.82) is 0 Å². The smallest absolute Gasteiger partial charge is 0.328 e. The number of urea groups is 1. The van der Waals surface area contributed by atoms with Crippen LogP contribution in [0.1, 0.15) is 5.56 Å². The van der Waals surface area contributed by atoms with Crippen molar-refractivity contribution in [2.24, 2.45) is 5.84 Å². The predicted molar refractivity (Wildman–Crippen MR) is 48.7 cm³/mol. The Morgan fingerprint density at radius 2 is 2.46 bits per heavy atom. The molecule has 0 spiro atoms. The van der Waals surface area contributed by atoms with Crippen LogP contribution in [0.2, 0.25) is 0 Å². The van der Waals surface area contributed by atoms with E-state index < -0.39 is 0 Å². The lowest BCUT2D eigenvalue weighted by atomic mass is 10.2. The van der Waals surface area contributed by atoms with Gasteiger partial charge in [0.1, 0.15) is 0 Å². The third-order valence-corrected chi connectivity index (χ3v) is 1.55. The highest BCUT2D eigenvalue weighted by molar-refractivity contribution is 5.72. The summed E-state index contributed by atoms with van der Waals surface area (Å²) in [4.78, 5) is 14.6. The molecule has 2 amide bonds. The number of rotatable bonds is 3. The van der Waals surface area contributed by atoms with E-state index in [0.717, 1.165) is 12.0 Å². The number of hydrazine groups is 1. The molecule has 0 aliphatic rings. The molecular formula is C8H12N4O. The first-order valence-corrected chi connectivity index (χ1v) is 3.96. The van der Waals surface area contributed by atoms with Gasteiger partial charge < -0.3 is 5.32 Å². The lowest BCUT2D eigenvalue weighted by Gasteiger charge is -2.03. The van der Waals surface area contributed by atoms with Gasteiger partial charge in [0.25, 0.3) is 0 Å². The van der Waals surface area contributed by atoms with Crippen LogP contribution in [0.4, 0.5) is 4.79 Å². The third kappa shape index (κ3) is 3.53. The van der Waals surface area contributed by atoms with Crippen molar-refractivity contribution in [2.45, 2.75) is 6.42 Å². The molecule has 0 atom stereocenters. The number of carbonyl (C=O) groups excluding carboxylic acids is 1. The van der Waals surface area contributed by atoms with Gasteiger partial charge in [-0.2, -0.15) is 0 Å². The number of hydrogen-bond acceptors (Lipinski definition) is 3. The van der Waals surface area contributed by atoms with E-state index in [4.69, 9.17) is 5.84 Å². The van der Waals surface area contributed by atoms with Gasteiger partial charge in [-0.1, -0.05) is 6.07 Å². The highest BCUT2D eigenvalue weighted by Crippen LogP contribution is 1.94. The van der Waals surface area contributed by atoms with Gasteiger partial charge in [-0.25, -0.2) is 10.6 Å². The van der Waals surface area contributed by atoms with E-state index in [2.05, 4.69) is 10.3 Å². The summed E-state index contributed by atoms with van der Waals surface area (Å²) in [5, 5.41) is 2.58. The molecule has 1 heterocycles. The predicted octanol–water partition coefficient (Wildman–Crippen LogP) is -0.203. The van der Waals surface area contributed by atoms with Gasteiger partial charge in [0.15, 0.2) is 0 Å². The number of pyridine rings is 1. The molecule has 5 nitrogen and oxygen atoms in total. The minimum atomic E-state index is -0.371. The van der Waals surface area contributed by atoms with Crippen LogP contribution in [0.3, 0.4) is 0 Å². The van der Waals surface area contributed by atoms with E-state index in [-0.39, 0.29) is 6.03 Å². The number of hydrogen-bond donors (Lipinski definition) is 3. The fourth-order valence-corrected chi connectivity index (χ4v) is 0.917. The van der Waals surface area contributed by atoms with Crippen LogP contribution in [-0.4, -0.2) is 17.6 Å². The van der Waals surface area contributed by atoms with Gasteiger partial charge in [0.2, 0.25) is 0 Å². The van der Waals surface area contributed by atoms with E-state index in [1.165, 1.54) is 0 Å². The number of carbonyl (C=O) groups is 1. The zero-order valence-corrected chi connectivity index (χ0v) is 7.16. The van der Waals surface area contributed by atoms with Crippen LogP contribution in [-0.2, 0) is 6.42 Å². The van der Waals surface area contributed by atoms with Gasteiger partial charge in [0.05, 0.1) is 0 Å². The van der Waals surface area contributed by atoms with Crippen molar-refractivity contribution in [2.75, 3.05) is 6.54 Å². The molecule has 0 radical (unpaired) electrons. The molecule has 0 aromatic carbocycles. The second kappa shape index (κ2) is 5.10. The van der Waals surface area contributed by atoms with Crippen molar-refractivity contribution in [3.8, 4) is 0 Å². The van der Waals surface area contributed by atoms with Crippen molar-refractivity contribution >= 4 is 6.03 Å². The Hall–Kier alpha value is -1.62. The summed E-state index contributed by atoms with van der Waals surface area (Å²) in [6.45, 7) is 0.550. The maximum Gasteiger partial charge on any atom is 0.328 e. The van der Waals surface area contributed by atoms with Crippen LogP contribution < -0.4 is 16.6 Å². The fraction of sp³-hybridized carbons (Fsp3) is 0.250. The lowest BCUT2D eigenvalue weighted by Crippen LogP contribution is -2.40. The van der Waals surface area contributed by atoms with E-state index in [0.29, 0.717) is 6.54 Å². The van der Waals surface area contributed by atoms with Gasteiger partial charge in [-0.05, 0) is 18.1 Å². The third-order valence-electron chi connectivity index (χ3n) is 1.55. The summed E-state index contributed by atoms with van der Waals surface area (Å²) < 4.78 is 0. The number of nitrogens with zero attached hydrogens (tertiary/aromatic N) is 1. The number of nitrogens with two attached hydrogens (primary N) is 1. The van der Waals surface area contributed by atoms with Crippen molar-refractivity contribution < 1.29 is 4.79 Å². The molecule has 13 heavy (non-hydrogen) atoms. The first-order chi connectivity index (χ1) is 6.33. The molecule has 0 aliphatic heterocycles. The number of nitrogens with one attached hydrogen (secondary N) is 2. The van der Waals surface area contributed by atoms with E-state index in [1.54, 1.807) is 12.4 Å². The largest absolute Gasteiger partial charge is 0.337 e. The molecule has 0 aliphatic carbocycles. The Morgan fingerprint density at radius 3 is 3.08 bits per heavy atom. The topological polar surface area (TPSA) is 80.0 Å². The van der Waals surface area contributed by atoms with Crippen LogP contribution in [0.25, 0.3) is 0 Å². The lowest BCUT2D eigenvalue weighted by molar-refractivity contribution is 0.241. The molecule has 70 valence electrons. The van der Waals surface area contributed by atoms with Crippen LogP contribution in [0, 0.1) is 0 Å².